The zero-order valence-corrected chi connectivity index (χ0v) is 14.6. The summed E-state index contributed by atoms with van der Waals surface area (Å²) in [5.74, 6) is 0. The fourth-order valence-electron chi connectivity index (χ4n) is 3.26. The maximum Gasteiger partial charge on any atom is 0.416 e. The molecule has 0 radical (unpaired) electrons. The minimum atomic E-state index is -4.34. The van der Waals surface area contributed by atoms with Crippen molar-refractivity contribution in [1.82, 2.24) is 4.68 Å². The quantitative estimate of drug-likeness (QED) is 0.417. The molecule has 1 heterocycles. The molecular formula is C22H17F3N2. The number of rotatable bonds is 3. The number of alkyl halides is 3. The number of aromatic nitrogens is 1. The van der Waals surface area contributed by atoms with Crippen molar-refractivity contribution in [2.75, 3.05) is 12.1 Å². The zero-order chi connectivity index (χ0) is 19.0. The summed E-state index contributed by atoms with van der Waals surface area (Å²) in [5.41, 5.74) is 2.87. The van der Waals surface area contributed by atoms with E-state index in [1.54, 1.807) is 0 Å². The highest BCUT2D eigenvalue weighted by Gasteiger charge is 2.30. The minimum Gasteiger partial charge on any atom is -0.284 e. The number of anilines is 1. The Kier molecular flexibility index (Phi) is 4.15. The average molecular weight is 366 g/mol. The van der Waals surface area contributed by atoms with Crippen LogP contribution in [0.3, 0.4) is 0 Å². The molecule has 1 aromatic heterocycles. The largest absolute Gasteiger partial charge is 0.416 e. The number of hydrogen-bond donors (Lipinski definition) is 0. The Hall–Kier alpha value is -3.21. The number of fused-ring (bicyclic) bond motifs is 1. The third-order valence-electron chi connectivity index (χ3n) is 4.62. The molecule has 0 aliphatic carbocycles. The van der Waals surface area contributed by atoms with Gasteiger partial charge in [-0.25, -0.2) is 0 Å². The molecule has 5 heteroatoms. The van der Waals surface area contributed by atoms with Gasteiger partial charge >= 0.3 is 6.18 Å². The monoisotopic (exact) mass is 366 g/mol. The summed E-state index contributed by atoms with van der Waals surface area (Å²) >= 11 is 0. The van der Waals surface area contributed by atoms with E-state index in [4.69, 9.17) is 0 Å². The standard InChI is InChI=1S/C22H17F3N2/c1-26(19-8-3-2-4-9-19)27-20-10-6-5-7-17(20)15-21(27)16-11-13-18(14-12-16)22(23,24)25/h2-15H,1H3. The van der Waals surface area contributed by atoms with Gasteiger partial charge in [0.25, 0.3) is 0 Å². The summed E-state index contributed by atoms with van der Waals surface area (Å²) in [7, 11) is 1.94. The van der Waals surface area contributed by atoms with Crippen LogP contribution in [0.2, 0.25) is 0 Å². The second-order valence-electron chi connectivity index (χ2n) is 6.33. The molecule has 0 aliphatic heterocycles. The van der Waals surface area contributed by atoms with Gasteiger partial charge in [0.2, 0.25) is 0 Å². The molecule has 0 N–H and O–H groups in total. The lowest BCUT2D eigenvalue weighted by Crippen LogP contribution is -2.25. The molecule has 0 unspecified atom stereocenters. The van der Waals surface area contributed by atoms with E-state index >= 15 is 0 Å². The van der Waals surface area contributed by atoms with Gasteiger partial charge in [-0.3, -0.25) is 9.69 Å². The fourth-order valence-corrected chi connectivity index (χ4v) is 3.26. The number of nitrogens with zero attached hydrogens (tertiary/aromatic N) is 2. The van der Waals surface area contributed by atoms with Gasteiger partial charge in [-0.15, -0.1) is 0 Å². The summed E-state index contributed by atoms with van der Waals surface area (Å²) in [6.07, 6.45) is -4.34. The molecule has 4 rings (SSSR count). The van der Waals surface area contributed by atoms with Gasteiger partial charge in [-0.2, -0.15) is 13.2 Å². The first kappa shape index (κ1) is 17.2. The lowest BCUT2D eigenvalue weighted by molar-refractivity contribution is -0.137. The molecular weight excluding hydrogens is 349 g/mol. The molecule has 0 saturated carbocycles. The number of hydrogen-bond acceptors (Lipinski definition) is 1. The lowest BCUT2D eigenvalue weighted by Gasteiger charge is -2.25. The van der Waals surface area contributed by atoms with Crippen molar-refractivity contribution < 1.29 is 13.2 Å². The third kappa shape index (κ3) is 3.16. The fraction of sp³-hybridized carbons (Fsp3) is 0.0909. The van der Waals surface area contributed by atoms with Gasteiger partial charge < -0.3 is 0 Å². The lowest BCUT2D eigenvalue weighted by atomic mass is 10.1. The molecule has 0 aliphatic rings. The van der Waals surface area contributed by atoms with Crippen LogP contribution in [-0.2, 0) is 6.18 Å². The molecule has 0 atom stereocenters. The number of benzene rings is 3. The minimum absolute atomic E-state index is 0.648. The summed E-state index contributed by atoms with van der Waals surface area (Å²) in [5, 5.41) is 3.02. The summed E-state index contributed by atoms with van der Waals surface area (Å²) in [4.78, 5) is 0. The first-order chi connectivity index (χ1) is 12.9. The molecule has 27 heavy (non-hydrogen) atoms. The highest BCUT2D eigenvalue weighted by molar-refractivity contribution is 5.88. The Morgan fingerprint density at radius 2 is 1.41 bits per heavy atom. The maximum absolute atomic E-state index is 12.9. The summed E-state index contributed by atoms with van der Waals surface area (Å²) in [6, 6.07) is 25.0. The van der Waals surface area contributed by atoms with Crippen LogP contribution >= 0.6 is 0 Å². The van der Waals surface area contributed by atoms with Crippen LogP contribution in [0, 0.1) is 0 Å². The molecule has 0 saturated heterocycles. The Morgan fingerprint density at radius 1 is 0.778 bits per heavy atom. The normalized spacial score (nSPS) is 11.7. The van der Waals surface area contributed by atoms with Crippen molar-refractivity contribution in [3.8, 4) is 11.3 Å². The third-order valence-corrected chi connectivity index (χ3v) is 4.62. The van der Waals surface area contributed by atoms with Crippen molar-refractivity contribution >= 4 is 16.6 Å². The average Bonchev–Trinajstić information content (AvgIpc) is 3.07. The van der Waals surface area contributed by atoms with E-state index in [2.05, 4.69) is 0 Å². The van der Waals surface area contributed by atoms with Crippen LogP contribution in [0.15, 0.2) is 84.9 Å². The predicted octanol–water partition coefficient (Wildman–Crippen LogP) is 6.23. The predicted molar refractivity (Wildman–Crippen MR) is 103 cm³/mol. The molecule has 0 spiro atoms. The van der Waals surface area contributed by atoms with Crippen molar-refractivity contribution in [3.63, 3.8) is 0 Å². The van der Waals surface area contributed by atoms with E-state index in [1.165, 1.54) is 12.1 Å². The van der Waals surface area contributed by atoms with Gasteiger partial charge in [-0.1, -0.05) is 48.5 Å². The highest BCUT2D eigenvalue weighted by Crippen LogP contribution is 2.34. The van der Waals surface area contributed by atoms with Crippen LogP contribution in [0.4, 0.5) is 18.9 Å². The van der Waals surface area contributed by atoms with E-state index in [0.717, 1.165) is 40.0 Å². The van der Waals surface area contributed by atoms with Gasteiger partial charge in [0.05, 0.1) is 22.5 Å². The Balaban J connectivity index is 1.88. The van der Waals surface area contributed by atoms with Gasteiger partial charge in [0.15, 0.2) is 0 Å². The van der Waals surface area contributed by atoms with Crippen molar-refractivity contribution in [2.24, 2.45) is 0 Å². The first-order valence-corrected chi connectivity index (χ1v) is 8.52. The number of halogens is 3. The van der Waals surface area contributed by atoms with Crippen LogP contribution in [-0.4, -0.2) is 11.7 Å². The molecule has 0 amide bonds. The highest BCUT2D eigenvalue weighted by atomic mass is 19.4. The Morgan fingerprint density at radius 3 is 2.07 bits per heavy atom. The Bertz CT molecular complexity index is 1060. The summed E-state index contributed by atoms with van der Waals surface area (Å²) < 4.78 is 40.7. The second kappa shape index (κ2) is 6.50. The number of para-hydroxylation sites is 2. The van der Waals surface area contributed by atoms with Crippen LogP contribution in [0.1, 0.15) is 5.56 Å². The van der Waals surface area contributed by atoms with E-state index < -0.39 is 11.7 Å². The molecule has 3 aromatic carbocycles. The van der Waals surface area contributed by atoms with Gasteiger partial charge in [0.1, 0.15) is 0 Å². The maximum atomic E-state index is 12.9. The SMILES string of the molecule is CN(c1ccccc1)n1c(-c2ccc(C(F)(F)F)cc2)cc2ccccc21. The smallest absolute Gasteiger partial charge is 0.284 e. The van der Waals surface area contributed by atoms with Crippen LogP contribution < -0.4 is 5.01 Å². The van der Waals surface area contributed by atoms with Gasteiger partial charge in [0, 0.05) is 18.0 Å². The van der Waals surface area contributed by atoms with Crippen molar-refractivity contribution in [2.45, 2.75) is 6.18 Å². The molecule has 136 valence electrons. The first-order valence-electron chi connectivity index (χ1n) is 8.52. The topological polar surface area (TPSA) is 8.17 Å². The van der Waals surface area contributed by atoms with Crippen LogP contribution in [0.25, 0.3) is 22.2 Å². The van der Waals surface area contributed by atoms with E-state index in [0.29, 0.717) is 0 Å². The second-order valence-corrected chi connectivity index (χ2v) is 6.33. The zero-order valence-electron chi connectivity index (χ0n) is 14.6. The van der Waals surface area contributed by atoms with Gasteiger partial charge in [-0.05, 0) is 36.4 Å². The Labute approximate surface area is 155 Å². The van der Waals surface area contributed by atoms with Crippen molar-refractivity contribution in [3.05, 3.63) is 90.5 Å². The molecule has 4 aromatic rings. The molecule has 2 nitrogen and oxygen atoms in total. The summed E-state index contributed by atoms with van der Waals surface area (Å²) in [6.45, 7) is 0. The van der Waals surface area contributed by atoms with Crippen LogP contribution in [0.5, 0.6) is 0 Å². The van der Waals surface area contributed by atoms with Crippen molar-refractivity contribution in [1.29, 1.82) is 0 Å². The van der Waals surface area contributed by atoms with E-state index in [-0.39, 0.29) is 0 Å². The molecule has 0 bridgehead atoms. The molecule has 0 fully saturated rings. The van der Waals surface area contributed by atoms with E-state index in [9.17, 15) is 13.2 Å². The van der Waals surface area contributed by atoms with E-state index in [1.807, 2.05) is 77.4 Å².